The van der Waals surface area contributed by atoms with E-state index in [-0.39, 0.29) is 39.2 Å². The van der Waals surface area contributed by atoms with Crippen LogP contribution < -0.4 is 0 Å². The molecule has 0 bridgehead atoms. The molecular weight excluding hydrogens is 238 g/mol. The standard InChI is InChI=1S/C3H7O5P.Zr/c4-3(5)1-2-8-9(6)7;/h9H,1-2H2,(H,4,5)(H,6,7);. The second-order valence-corrected chi connectivity index (χ2v) is 2.08. The van der Waals surface area contributed by atoms with Crippen LogP contribution in [0.5, 0.6) is 0 Å². The number of carboxylic acids is 1. The third kappa shape index (κ3) is 11.3. The summed E-state index contributed by atoms with van der Waals surface area (Å²) in [7, 11) is -2.94. The molecule has 0 saturated carbocycles. The summed E-state index contributed by atoms with van der Waals surface area (Å²) in [6, 6.07) is 0. The topological polar surface area (TPSA) is 83.8 Å². The summed E-state index contributed by atoms with van der Waals surface area (Å²) in [5.74, 6) is -1.04. The van der Waals surface area contributed by atoms with Crippen molar-refractivity contribution in [1.82, 2.24) is 0 Å². The molecule has 10 heavy (non-hydrogen) atoms. The predicted octanol–water partition coefficient (Wildman–Crippen LogP) is -0.143. The van der Waals surface area contributed by atoms with Crippen LogP contribution in [-0.2, 0) is 40.1 Å². The van der Waals surface area contributed by atoms with Gasteiger partial charge in [-0.3, -0.25) is 9.36 Å². The van der Waals surface area contributed by atoms with Crippen LogP contribution in [0.1, 0.15) is 6.42 Å². The smallest absolute Gasteiger partial charge is 0.316 e. The summed E-state index contributed by atoms with van der Waals surface area (Å²) in [5, 5.41) is 7.97. The van der Waals surface area contributed by atoms with Crippen LogP contribution in [-0.4, -0.2) is 22.6 Å². The summed E-state index contributed by atoms with van der Waals surface area (Å²) >= 11 is 0. The second kappa shape index (κ2) is 7.61. The Hall–Kier alpha value is 0.503. The summed E-state index contributed by atoms with van der Waals surface area (Å²) in [5.41, 5.74) is 0. The minimum Gasteiger partial charge on any atom is -0.481 e. The number of hydrogen-bond donors (Lipinski definition) is 2. The van der Waals surface area contributed by atoms with E-state index in [1.165, 1.54) is 0 Å². The molecule has 0 aromatic carbocycles. The normalized spacial score (nSPS) is 11.7. The van der Waals surface area contributed by atoms with E-state index in [2.05, 4.69) is 4.52 Å². The Balaban J connectivity index is 0. The Kier molecular flexibility index (Phi) is 9.98. The van der Waals surface area contributed by atoms with Crippen molar-refractivity contribution >= 4 is 14.2 Å². The molecular formula is C3H7O5PZr. The van der Waals surface area contributed by atoms with Crippen LogP contribution in [0.4, 0.5) is 0 Å². The van der Waals surface area contributed by atoms with E-state index in [4.69, 9.17) is 10.00 Å². The molecule has 1 unspecified atom stereocenters. The zero-order valence-electron chi connectivity index (χ0n) is 5.03. The van der Waals surface area contributed by atoms with E-state index in [1.54, 1.807) is 0 Å². The summed E-state index contributed by atoms with van der Waals surface area (Å²) in [6.45, 7) is -0.205. The first-order valence-electron chi connectivity index (χ1n) is 2.20. The van der Waals surface area contributed by atoms with Gasteiger partial charge in [0, 0.05) is 26.2 Å². The van der Waals surface area contributed by atoms with Gasteiger partial charge in [-0.05, 0) is 0 Å². The van der Waals surface area contributed by atoms with Crippen molar-refractivity contribution < 1.29 is 50.1 Å². The molecule has 0 aliphatic carbocycles. The fourth-order valence-corrected chi connectivity index (χ4v) is 0.502. The summed E-state index contributed by atoms with van der Waals surface area (Å²) in [4.78, 5) is 17.7. The molecule has 0 spiro atoms. The van der Waals surface area contributed by atoms with Crippen LogP contribution in [0.25, 0.3) is 0 Å². The number of carboxylic acid groups (broad SMARTS) is 1. The fourth-order valence-electron chi connectivity index (χ4n) is 0.226. The molecule has 2 N–H and O–H groups in total. The number of hydrogen-bond acceptors (Lipinski definition) is 3. The molecule has 5 nitrogen and oxygen atoms in total. The molecule has 58 valence electrons. The fraction of sp³-hybridized carbons (Fsp3) is 0.667. The third-order valence-electron chi connectivity index (χ3n) is 0.541. The van der Waals surface area contributed by atoms with E-state index in [0.717, 1.165) is 0 Å². The van der Waals surface area contributed by atoms with Crippen molar-refractivity contribution in [2.24, 2.45) is 0 Å². The number of aliphatic carboxylic acids is 1. The molecule has 0 aromatic rings. The Bertz CT molecular complexity index is 112. The predicted molar refractivity (Wildman–Crippen MR) is 29.4 cm³/mol. The Morgan fingerprint density at radius 3 is 2.40 bits per heavy atom. The quantitative estimate of drug-likeness (QED) is 0.673. The van der Waals surface area contributed by atoms with Crippen LogP contribution >= 0.6 is 8.25 Å². The molecule has 0 radical (unpaired) electrons. The first kappa shape index (κ1) is 13.1. The molecule has 0 amide bonds. The summed E-state index contributed by atoms with van der Waals surface area (Å²) < 4.78 is 13.8. The van der Waals surface area contributed by atoms with E-state index in [0.29, 0.717) is 0 Å². The molecule has 0 rings (SSSR count). The van der Waals surface area contributed by atoms with Crippen molar-refractivity contribution in [3.05, 3.63) is 0 Å². The molecule has 0 aliphatic heterocycles. The Labute approximate surface area is 77.5 Å². The molecule has 0 aliphatic rings. The van der Waals surface area contributed by atoms with Gasteiger partial charge in [0.15, 0.2) is 0 Å². The molecule has 0 fully saturated rings. The van der Waals surface area contributed by atoms with E-state index >= 15 is 0 Å². The maximum absolute atomic E-state index is 9.75. The third-order valence-corrected chi connectivity index (χ3v) is 0.993. The summed E-state index contributed by atoms with van der Waals surface area (Å²) in [6.07, 6.45) is -0.239. The van der Waals surface area contributed by atoms with E-state index in [9.17, 15) is 9.36 Å². The van der Waals surface area contributed by atoms with Gasteiger partial charge in [0.25, 0.3) is 0 Å². The average Bonchev–Trinajstić information content (AvgIpc) is 1.63. The van der Waals surface area contributed by atoms with Crippen molar-refractivity contribution in [2.75, 3.05) is 6.61 Å². The van der Waals surface area contributed by atoms with Gasteiger partial charge in [0.1, 0.15) is 0 Å². The SMILES string of the molecule is O=C(O)CCO[PH](=O)O.[Zr]. The number of rotatable bonds is 4. The molecule has 0 heterocycles. The van der Waals surface area contributed by atoms with Crippen molar-refractivity contribution in [2.45, 2.75) is 6.42 Å². The van der Waals surface area contributed by atoms with Crippen LogP contribution in [0.15, 0.2) is 0 Å². The first-order valence-corrected chi connectivity index (χ1v) is 3.47. The second-order valence-electron chi connectivity index (χ2n) is 1.26. The molecule has 7 heteroatoms. The largest absolute Gasteiger partial charge is 0.481 e. The molecule has 1 atom stereocenters. The minimum absolute atomic E-state index is 0. The van der Waals surface area contributed by atoms with Crippen molar-refractivity contribution in [3.63, 3.8) is 0 Å². The Morgan fingerprint density at radius 2 is 2.10 bits per heavy atom. The van der Waals surface area contributed by atoms with Crippen molar-refractivity contribution in [3.8, 4) is 0 Å². The van der Waals surface area contributed by atoms with E-state index in [1.807, 2.05) is 0 Å². The zero-order valence-corrected chi connectivity index (χ0v) is 8.49. The van der Waals surface area contributed by atoms with Gasteiger partial charge in [-0.2, -0.15) is 0 Å². The molecule has 0 aromatic heterocycles. The van der Waals surface area contributed by atoms with Gasteiger partial charge in [-0.1, -0.05) is 0 Å². The Morgan fingerprint density at radius 1 is 1.60 bits per heavy atom. The number of carbonyl (C=O) groups is 1. The van der Waals surface area contributed by atoms with Crippen LogP contribution in [0.2, 0.25) is 0 Å². The average molecular weight is 245 g/mol. The maximum atomic E-state index is 9.75. The van der Waals surface area contributed by atoms with E-state index < -0.39 is 14.2 Å². The van der Waals surface area contributed by atoms with Gasteiger partial charge < -0.3 is 14.5 Å². The van der Waals surface area contributed by atoms with Gasteiger partial charge in [0.2, 0.25) is 0 Å². The van der Waals surface area contributed by atoms with Gasteiger partial charge in [0.05, 0.1) is 13.0 Å². The van der Waals surface area contributed by atoms with Crippen molar-refractivity contribution in [1.29, 1.82) is 0 Å². The van der Waals surface area contributed by atoms with Gasteiger partial charge in [-0.25, -0.2) is 0 Å². The van der Waals surface area contributed by atoms with Crippen LogP contribution in [0, 0.1) is 0 Å². The monoisotopic (exact) mass is 244 g/mol. The maximum Gasteiger partial charge on any atom is 0.316 e. The van der Waals surface area contributed by atoms with Crippen LogP contribution in [0.3, 0.4) is 0 Å². The zero-order chi connectivity index (χ0) is 7.28. The first-order chi connectivity index (χ1) is 4.13. The van der Waals surface area contributed by atoms with Gasteiger partial charge in [-0.15, -0.1) is 0 Å². The molecule has 0 saturated heterocycles. The minimum atomic E-state index is -2.94. The van der Waals surface area contributed by atoms with Gasteiger partial charge >= 0.3 is 14.2 Å².